The Labute approximate surface area is 150 Å². The highest BCUT2D eigenvalue weighted by atomic mass is 32.2. The monoisotopic (exact) mass is 364 g/mol. The predicted molar refractivity (Wildman–Crippen MR) is 98.1 cm³/mol. The van der Waals surface area contributed by atoms with Gasteiger partial charge in [0.25, 0.3) is 0 Å². The molecule has 0 saturated carbocycles. The molecule has 4 N–H and O–H groups in total. The molecule has 0 amide bonds. The number of hydrogen-bond acceptors (Lipinski definition) is 6. The molecule has 1 heterocycles. The quantitative estimate of drug-likeness (QED) is 0.375. The third kappa shape index (κ3) is 8.02. The van der Waals surface area contributed by atoms with E-state index in [1.807, 2.05) is 0 Å². The maximum absolute atomic E-state index is 9.95. The molecule has 0 aromatic heterocycles. The minimum atomic E-state index is -1.26. The SMILES string of the molecule is CCCCCCCCCCCCSC1O[C@H](CO)[C@H](O)[C@H](O)[C@H]1O. The molecule has 1 fully saturated rings. The summed E-state index contributed by atoms with van der Waals surface area (Å²) in [5.41, 5.74) is -0.584. The number of ether oxygens (including phenoxy) is 1. The first-order valence-electron chi connectivity index (χ1n) is 9.54. The smallest absolute Gasteiger partial charge is 0.132 e. The van der Waals surface area contributed by atoms with Crippen LogP contribution in [0.1, 0.15) is 71.1 Å². The summed E-state index contributed by atoms with van der Waals surface area (Å²) >= 11 is 1.45. The van der Waals surface area contributed by atoms with Gasteiger partial charge in [0.1, 0.15) is 29.9 Å². The van der Waals surface area contributed by atoms with Crippen molar-refractivity contribution in [3.05, 3.63) is 0 Å². The molecular weight excluding hydrogens is 328 g/mol. The summed E-state index contributed by atoms with van der Waals surface area (Å²) < 4.78 is 5.48. The molecule has 1 unspecified atom stereocenters. The topological polar surface area (TPSA) is 90.2 Å². The van der Waals surface area contributed by atoms with Crippen LogP contribution in [0.3, 0.4) is 0 Å². The van der Waals surface area contributed by atoms with Crippen LogP contribution in [0.2, 0.25) is 0 Å². The molecule has 0 aromatic carbocycles. The van der Waals surface area contributed by atoms with Crippen molar-refractivity contribution in [1.29, 1.82) is 0 Å². The van der Waals surface area contributed by atoms with Crippen LogP contribution >= 0.6 is 11.8 Å². The summed E-state index contributed by atoms with van der Waals surface area (Å²) in [6.45, 7) is 1.88. The summed E-state index contributed by atoms with van der Waals surface area (Å²) in [5.74, 6) is 0.846. The number of thioether (sulfide) groups is 1. The number of hydrogen-bond donors (Lipinski definition) is 4. The first-order chi connectivity index (χ1) is 11.6. The van der Waals surface area contributed by atoms with E-state index in [4.69, 9.17) is 9.84 Å². The van der Waals surface area contributed by atoms with Crippen molar-refractivity contribution in [2.45, 2.75) is 101 Å². The molecule has 5 nitrogen and oxygen atoms in total. The molecule has 0 bridgehead atoms. The summed E-state index contributed by atoms with van der Waals surface area (Å²) in [6, 6.07) is 0. The summed E-state index contributed by atoms with van der Waals surface area (Å²) in [5, 5.41) is 38.6. The van der Waals surface area contributed by atoms with Gasteiger partial charge in [-0.1, -0.05) is 64.7 Å². The van der Waals surface area contributed by atoms with Gasteiger partial charge in [-0.3, -0.25) is 0 Å². The molecule has 0 aliphatic carbocycles. The van der Waals surface area contributed by atoms with Crippen LogP contribution in [-0.2, 0) is 4.74 Å². The Morgan fingerprint density at radius 1 is 0.750 bits per heavy atom. The van der Waals surface area contributed by atoms with Crippen LogP contribution in [-0.4, -0.2) is 62.6 Å². The number of aliphatic hydroxyl groups excluding tert-OH is 4. The van der Waals surface area contributed by atoms with Gasteiger partial charge in [-0.25, -0.2) is 0 Å². The summed E-state index contributed by atoms with van der Waals surface area (Å²) in [6.07, 6.45) is 8.36. The van der Waals surface area contributed by atoms with Crippen molar-refractivity contribution in [3.8, 4) is 0 Å². The van der Waals surface area contributed by atoms with Crippen LogP contribution in [0.5, 0.6) is 0 Å². The summed E-state index contributed by atoms with van der Waals surface area (Å²) in [4.78, 5) is 0. The highest BCUT2D eigenvalue weighted by Gasteiger charge is 2.43. The Hall–Kier alpha value is 0.150. The highest BCUT2D eigenvalue weighted by Crippen LogP contribution is 2.29. The van der Waals surface area contributed by atoms with Crippen LogP contribution in [0.4, 0.5) is 0 Å². The lowest BCUT2D eigenvalue weighted by molar-refractivity contribution is -0.205. The lowest BCUT2D eigenvalue weighted by Gasteiger charge is -2.39. The van der Waals surface area contributed by atoms with Gasteiger partial charge < -0.3 is 25.2 Å². The molecular formula is C18H36O5S. The normalized spacial score (nSPS) is 30.6. The van der Waals surface area contributed by atoms with Gasteiger partial charge in [0.2, 0.25) is 0 Å². The molecule has 1 rings (SSSR count). The van der Waals surface area contributed by atoms with E-state index in [2.05, 4.69) is 6.92 Å². The van der Waals surface area contributed by atoms with E-state index in [0.717, 1.165) is 12.2 Å². The average molecular weight is 365 g/mol. The van der Waals surface area contributed by atoms with Crippen LogP contribution in [0.25, 0.3) is 0 Å². The molecule has 1 aliphatic heterocycles. The predicted octanol–water partition coefficient (Wildman–Crippen LogP) is 2.44. The zero-order valence-electron chi connectivity index (χ0n) is 15.0. The van der Waals surface area contributed by atoms with E-state index in [9.17, 15) is 15.3 Å². The van der Waals surface area contributed by atoms with Crippen molar-refractivity contribution in [1.82, 2.24) is 0 Å². The van der Waals surface area contributed by atoms with Crippen molar-refractivity contribution in [3.63, 3.8) is 0 Å². The van der Waals surface area contributed by atoms with Gasteiger partial charge in [-0.15, -0.1) is 11.8 Å². The van der Waals surface area contributed by atoms with Crippen LogP contribution in [0, 0.1) is 0 Å². The molecule has 0 aromatic rings. The lowest BCUT2D eigenvalue weighted by Crippen LogP contribution is -2.57. The van der Waals surface area contributed by atoms with Crippen molar-refractivity contribution < 1.29 is 25.2 Å². The fraction of sp³-hybridized carbons (Fsp3) is 1.00. The van der Waals surface area contributed by atoms with Crippen molar-refractivity contribution in [2.24, 2.45) is 0 Å². The number of aliphatic hydroxyl groups is 4. The Morgan fingerprint density at radius 3 is 1.83 bits per heavy atom. The molecule has 6 heteroatoms. The average Bonchev–Trinajstić information content (AvgIpc) is 2.59. The maximum Gasteiger partial charge on any atom is 0.132 e. The van der Waals surface area contributed by atoms with Gasteiger partial charge in [0, 0.05) is 0 Å². The number of unbranched alkanes of at least 4 members (excludes halogenated alkanes) is 9. The highest BCUT2D eigenvalue weighted by molar-refractivity contribution is 7.99. The van der Waals surface area contributed by atoms with E-state index < -0.39 is 29.9 Å². The second-order valence-corrected chi connectivity index (χ2v) is 7.96. The molecule has 5 atom stereocenters. The molecule has 24 heavy (non-hydrogen) atoms. The van der Waals surface area contributed by atoms with E-state index >= 15 is 0 Å². The van der Waals surface area contributed by atoms with Gasteiger partial charge in [-0.05, 0) is 12.2 Å². The van der Waals surface area contributed by atoms with Crippen LogP contribution < -0.4 is 0 Å². The fourth-order valence-electron chi connectivity index (χ4n) is 2.99. The Balaban J connectivity index is 2.02. The van der Waals surface area contributed by atoms with Gasteiger partial charge in [0.05, 0.1) is 6.61 Å². The minimum Gasteiger partial charge on any atom is -0.394 e. The van der Waals surface area contributed by atoms with E-state index in [0.29, 0.717) is 0 Å². The van der Waals surface area contributed by atoms with Gasteiger partial charge >= 0.3 is 0 Å². The van der Waals surface area contributed by atoms with Crippen molar-refractivity contribution >= 4 is 11.8 Å². The minimum absolute atomic E-state index is 0.361. The first-order valence-corrected chi connectivity index (χ1v) is 10.6. The Morgan fingerprint density at radius 2 is 1.29 bits per heavy atom. The number of rotatable bonds is 13. The maximum atomic E-state index is 9.95. The zero-order chi connectivity index (χ0) is 17.8. The molecule has 0 spiro atoms. The Bertz CT molecular complexity index is 303. The fourth-order valence-corrected chi connectivity index (χ4v) is 4.18. The molecule has 0 radical (unpaired) electrons. The first kappa shape index (κ1) is 22.2. The standard InChI is InChI=1S/C18H36O5S/c1-2-3-4-5-6-7-8-9-10-11-12-24-18-17(22)16(21)15(20)14(13-19)23-18/h14-22H,2-13H2,1H3/t14-,15+,16+,17-,18?/m1/s1. The second kappa shape index (κ2) is 13.4. The molecule has 1 saturated heterocycles. The Kier molecular flexibility index (Phi) is 12.4. The lowest BCUT2D eigenvalue weighted by atomic mass is 10.0. The second-order valence-electron chi connectivity index (χ2n) is 6.75. The van der Waals surface area contributed by atoms with Gasteiger partial charge in [0.15, 0.2) is 0 Å². The molecule has 144 valence electrons. The summed E-state index contributed by atoms with van der Waals surface area (Å²) in [7, 11) is 0. The third-order valence-electron chi connectivity index (χ3n) is 4.63. The molecule has 1 aliphatic rings. The largest absolute Gasteiger partial charge is 0.394 e. The van der Waals surface area contributed by atoms with E-state index in [1.165, 1.54) is 69.5 Å². The van der Waals surface area contributed by atoms with Crippen molar-refractivity contribution in [2.75, 3.05) is 12.4 Å². The van der Waals surface area contributed by atoms with E-state index in [1.54, 1.807) is 0 Å². The van der Waals surface area contributed by atoms with Gasteiger partial charge in [-0.2, -0.15) is 0 Å². The van der Waals surface area contributed by atoms with E-state index in [-0.39, 0.29) is 6.61 Å². The third-order valence-corrected chi connectivity index (χ3v) is 5.87. The zero-order valence-corrected chi connectivity index (χ0v) is 15.8. The van der Waals surface area contributed by atoms with Crippen LogP contribution in [0.15, 0.2) is 0 Å².